The molecule has 2 rings (SSSR count). The van der Waals surface area contributed by atoms with E-state index in [1.807, 2.05) is 0 Å². The maximum Gasteiger partial charge on any atom is 0.243 e. The molecule has 0 spiro atoms. The Morgan fingerprint density at radius 2 is 2.24 bits per heavy atom. The fourth-order valence-electron chi connectivity index (χ4n) is 1.43. The van der Waals surface area contributed by atoms with Crippen molar-refractivity contribution in [3.05, 3.63) is 28.8 Å². The molecule has 0 aromatic heterocycles. The number of hydrogen-bond donors (Lipinski definition) is 2. The lowest BCUT2D eigenvalue weighted by atomic mass is 10.1. The van der Waals surface area contributed by atoms with Gasteiger partial charge in [0.25, 0.3) is 0 Å². The van der Waals surface area contributed by atoms with Gasteiger partial charge in [0.2, 0.25) is 5.91 Å². The summed E-state index contributed by atoms with van der Waals surface area (Å²) in [5, 5.41) is 14.1. The Morgan fingerprint density at radius 1 is 1.53 bits per heavy atom. The van der Waals surface area contributed by atoms with Crippen molar-refractivity contribution in [2.24, 2.45) is 11.0 Å². The Labute approximate surface area is 104 Å². The van der Waals surface area contributed by atoms with E-state index in [9.17, 15) is 9.90 Å². The first-order valence-corrected chi connectivity index (χ1v) is 5.79. The molecule has 2 N–H and O–H groups in total. The van der Waals surface area contributed by atoms with E-state index >= 15 is 0 Å². The highest BCUT2D eigenvalue weighted by molar-refractivity contribution is 6.31. The van der Waals surface area contributed by atoms with Crippen molar-refractivity contribution in [3.63, 3.8) is 0 Å². The highest BCUT2D eigenvalue weighted by Gasteiger charge is 2.29. The molecule has 0 bridgehead atoms. The molecule has 0 unspecified atom stereocenters. The van der Waals surface area contributed by atoms with Crippen LogP contribution < -0.4 is 5.43 Å². The molecule has 1 aromatic rings. The molecule has 0 radical (unpaired) electrons. The van der Waals surface area contributed by atoms with Gasteiger partial charge in [0.15, 0.2) is 0 Å². The fourth-order valence-corrected chi connectivity index (χ4v) is 1.61. The van der Waals surface area contributed by atoms with Crippen molar-refractivity contribution < 1.29 is 9.90 Å². The van der Waals surface area contributed by atoms with Crippen LogP contribution in [0.2, 0.25) is 5.02 Å². The summed E-state index contributed by atoms with van der Waals surface area (Å²) in [6, 6.07) is 4.70. The van der Waals surface area contributed by atoms with E-state index in [1.54, 1.807) is 19.1 Å². The Bertz CT molecular complexity index is 481. The normalized spacial score (nSPS) is 15.8. The summed E-state index contributed by atoms with van der Waals surface area (Å²) in [6.07, 6.45) is 1.87. The molecule has 0 aliphatic heterocycles. The molecule has 5 heteroatoms. The predicted octanol–water partition coefficient (Wildman–Crippen LogP) is 2.30. The van der Waals surface area contributed by atoms with Gasteiger partial charge in [-0.1, -0.05) is 11.6 Å². The van der Waals surface area contributed by atoms with Crippen LogP contribution in [-0.2, 0) is 4.79 Å². The molecule has 0 atom stereocenters. The van der Waals surface area contributed by atoms with Crippen LogP contribution in [0.25, 0.3) is 0 Å². The molecule has 90 valence electrons. The summed E-state index contributed by atoms with van der Waals surface area (Å²) in [4.78, 5) is 11.4. The zero-order chi connectivity index (χ0) is 12.4. The van der Waals surface area contributed by atoms with Gasteiger partial charge in [-0.3, -0.25) is 4.79 Å². The first kappa shape index (κ1) is 11.9. The topological polar surface area (TPSA) is 61.7 Å². The molecular weight excluding hydrogens is 240 g/mol. The zero-order valence-electron chi connectivity index (χ0n) is 9.40. The third kappa shape index (κ3) is 2.97. The van der Waals surface area contributed by atoms with Crippen molar-refractivity contribution in [2.75, 3.05) is 0 Å². The van der Waals surface area contributed by atoms with E-state index < -0.39 is 0 Å². The number of nitrogens with one attached hydrogen (secondary N) is 1. The Hall–Kier alpha value is -1.55. The summed E-state index contributed by atoms with van der Waals surface area (Å²) >= 11 is 5.83. The SMILES string of the molecule is C/C(=N\NC(=O)C1CC1)c1cc(Cl)ccc1O. The molecule has 0 saturated heterocycles. The number of benzene rings is 1. The highest BCUT2D eigenvalue weighted by Crippen LogP contribution is 2.28. The number of phenols is 1. The van der Waals surface area contributed by atoms with Gasteiger partial charge in [-0.25, -0.2) is 5.43 Å². The van der Waals surface area contributed by atoms with Crippen LogP contribution in [0.1, 0.15) is 25.3 Å². The summed E-state index contributed by atoms with van der Waals surface area (Å²) in [5.74, 6) is 0.140. The van der Waals surface area contributed by atoms with E-state index in [2.05, 4.69) is 10.5 Å². The summed E-state index contributed by atoms with van der Waals surface area (Å²) in [7, 11) is 0. The molecule has 0 heterocycles. The lowest BCUT2D eigenvalue weighted by molar-refractivity contribution is -0.122. The number of amides is 1. The molecule has 1 aromatic carbocycles. The van der Waals surface area contributed by atoms with Crippen LogP contribution in [0.4, 0.5) is 0 Å². The average Bonchev–Trinajstić information content (AvgIpc) is 3.12. The minimum Gasteiger partial charge on any atom is -0.507 e. The van der Waals surface area contributed by atoms with Crippen LogP contribution >= 0.6 is 11.6 Å². The quantitative estimate of drug-likeness (QED) is 0.641. The van der Waals surface area contributed by atoms with Gasteiger partial charge >= 0.3 is 0 Å². The van der Waals surface area contributed by atoms with Gasteiger partial charge in [0.1, 0.15) is 5.75 Å². The Balaban J connectivity index is 2.11. The number of phenolic OH excluding ortho intramolecular Hbond substituents is 1. The number of rotatable bonds is 3. The molecule has 17 heavy (non-hydrogen) atoms. The van der Waals surface area contributed by atoms with Crippen molar-refractivity contribution in [2.45, 2.75) is 19.8 Å². The van der Waals surface area contributed by atoms with Crippen LogP contribution in [0.5, 0.6) is 5.75 Å². The van der Waals surface area contributed by atoms with Gasteiger partial charge in [0, 0.05) is 16.5 Å². The van der Waals surface area contributed by atoms with Gasteiger partial charge in [-0.15, -0.1) is 0 Å². The molecular formula is C12H13ClN2O2. The van der Waals surface area contributed by atoms with E-state index in [4.69, 9.17) is 11.6 Å². The van der Waals surface area contributed by atoms with Crippen molar-refractivity contribution in [1.82, 2.24) is 5.43 Å². The van der Waals surface area contributed by atoms with E-state index in [0.717, 1.165) is 12.8 Å². The van der Waals surface area contributed by atoms with E-state index in [1.165, 1.54) is 6.07 Å². The van der Waals surface area contributed by atoms with Gasteiger partial charge < -0.3 is 5.11 Å². The van der Waals surface area contributed by atoms with Crippen LogP contribution in [0.15, 0.2) is 23.3 Å². The van der Waals surface area contributed by atoms with Crippen molar-refractivity contribution >= 4 is 23.2 Å². The van der Waals surface area contributed by atoms with E-state index in [-0.39, 0.29) is 17.6 Å². The molecule has 1 amide bonds. The number of hydrogen-bond acceptors (Lipinski definition) is 3. The monoisotopic (exact) mass is 252 g/mol. The number of hydrazone groups is 1. The van der Waals surface area contributed by atoms with Crippen LogP contribution in [0.3, 0.4) is 0 Å². The van der Waals surface area contributed by atoms with E-state index in [0.29, 0.717) is 16.3 Å². The summed E-state index contributed by atoms with van der Waals surface area (Å²) in [6.45, 7) is 1.71. The lowest BCUT2D eigenvalue weighted by Gasteiger charge is -2.05. The van der Waals surface area contributed by atoms with Crippen LogP contribution in [-0.4, -0.2) is 16.7 Å². The van der Waals surface area contributed by atoms with Crippen molar-refractivity contribution in [3.8, 4) is 5.75 Å². The number of carbonyl (C=O) groups is 1. The maximum atomic E-state index is 11.4. The largest absolute Gasteiger partial charge is 0.507 e. The second kappa shape index (κ2) is 4.75. The molecule has 1 aliphatic carbocycles. The number of aromatic hydroxyl groups is 1. The lowest BCUT2D eigenvalue weighted by Crippen LogP contribution is -2.20. The maximum absolute atomic E-state index is 11.4. The summed E-state index contributed by atoms with van der Waals surface area (Å²) < 4.78 is 0. The average molecular weight is 253 g/mol. The van der Waals surface area contributed by atoms with Gasteiger partial charge in [-0.2, -0.15) is 5.10 Å². The third-order valence-corrected chi connectivity index (χ3v) is 2.87. The smallest absolute Gasteiger partial charge is 0.243 e. The molecule has 4 nitrogen and oxygen atoms in total. The second-order valence-electron chi connectivity index (χ2n) is 4.11. The fraction of sp³-hybridized carbons (Fsp3) is 0.333. The number of nitrogens with zero attached hydrogens (tertiary/aromatic N) is 1. The highest BCUT2D eigenvalue weighted by atomic mass is 35.5. The summed E-state index contributed by atoms with van der Waals surface area (Å²) in [5.41, 5.74) is 3.53. The molecule has 1 aliphatic rings. The third-order valence-electron chi connectivity index (χ3n) is 2.63. The second-order valence-corrected chi connectivity index (χ2v) is 4.55. The first-order valence-electron chi connectivity index (χ1n) is 5.41. The van der Waals surface area contributed by atoms with Gasteiger partial charge in [0.05, 0.1) is 5.71 Å². The zero-order valence-corrected chi connectivity index (χ0v) is 10.2. The number of halogens is 1. The Morgan fingerprint density at radius 3 is 2.88 bits per heavy atom. The standard InChI is InChI=1S/C12H13ClN2O2/c1-7(14-15-12(17)8-2-3-8)10-6-9(13)4-5-11(10)16/h4-6,8,16H,2-3H2,1H3,(H,15,17)/b14-7+. The van der Waals surface area contributed by atoms with Crippen molar-refractivity contribution in [1.29, 1.82) is 0 Å². The molecule has 1 saturated carbocycles. The van der Waals surface area contributed by atoms with Crippen LogP contribution in [0, 0.1) is 5.92 Å². The number of carbonyl (C=O) groups excluding carboxylic acids is 1. The molecule has 1 fully saturated rings. The Kier molecular flexibility index (Phi) is 3.33. The minimum atomic E-state index is -0.0640. The first-order chi connectivity index (χ1) is 8.08. The predicted molar refractivity (Wildman–Crippen MR) is 66.2 cm³/mol. The van der Waals surface area contributed by atoms with Gasteiger partial charge in [-0.05, 0) is 38.0 Å². The minimum absolute atomic E-state index is 0.0640.